The third-order valence-electron chi connectivity index (χ3n) is 3.33. The largest absolute Gasteiger partial charge is 0.480 e. The van der Waals surface area contributed by atoms with Crippen molar-refractivity contribution in [3.05, 3.63) is 35.9 Å². The van der Waals surface area contributed by atoms with Crippen LogP contribution in [0.5, 0.6) is 0 Å². The third kappa shape index (κ3) is 1.63. The number of benzene rings is 1. The molecule has 0 aromatic heterocycles. The molecule has 1 aromatic rings. The van der Waals surface area contributed by atoms with Gasteiger partial charge in [-0.05, 0) is 19.0 Å². The summed E-state index contributed by atoms with van der Waals surface area (Å²) in [5.41, 5.74) is 0.424. The highest BCUT2D eigenvalue weighted by atomic mass is 16.4. The van der Waals surface area contributed by atoms with Crippen LogP contribution in [0.3, 0.4) is 0 Å². The van der Waals surface area contributed by atoms with E-state index in [9.17, 15) is 9.90 Å². The zero-order chi connectivity index (χ0) is 10.9. The Labute approximate surface area is 89.3 Å². The van der Waals surface area contributed by atoms with Gasteiger partial charge in [-0.25, -0.2) is 0 Å². The van der Waals surface area contributed by atoms with Crippen LogP contribution >= 0.6 is 0 Å². The summed E-state index contributed by atoms with van der Waals surface area (Å²) >= 11 is 0. The summed E-state index contributed by atoms with van der Waals surface area (Å²) in [6.45, 7) is 0.874. The van der Waals surface area contributed by atoms with Gasteiger partial charge in [-0.2, -0.15) is 0 Å². The molecule has 15 heavy (non-hydrogen) atoms. The SMILES string of the molecule is CN1CCC1(Cc1ccccc1)C(=O)O. The van der Waals surface area contributed by atoms with Gasteiger partial charge in [0.05, 0.1) is 0 Å². The number of aliphatic carboxylic acids is 1. The van der Waals surface area contributed by atoms with E-state index in [1.807, 2.05) is 42.3 Å². The number of hydrogen-bond donors (Lipinski definition) is 1. The molecule has 80 valence electrons. The van der Waals surface area contributed by atoms with Crippen molar-refractivity contribution in [2.75, 3.05) is 13.6 Å². The minimum absolute atomic E-state index is 0.597. The molecule has 1 atom stereocenters. The van der Waals surface area contributed by atoms with Crippen molar-refractivity contribution < 1.29 is 9.90 Å². The molecular formula is C12H15NO2. The lowest BCUT2D eigenvalue weighted by Gasteiger charge is -2.47. The average molecular weight is 205 g/mol. The lowest BCUT2D eigenvalue weighted by atomic mass is 9.80. The van der Waals surface area contributed by atoms with Crippen LogP contribution in [0.25, 0.3) is 0 Å². The second kappa shape index (κ2) is 3.66. The molecule has 1 fully saturated rings. The maximum Gasteiger partial charge on any atom is 0.324 e. The molecule has 1 N–H and O–H groups in total. The molecular weight excluding hydrogens is 190 g/mol. The molecule has 0 amide bonds. The van der Waals surface area contributed by atoms with Gasteiger partial charge in [0.25, 0.3) is 0 Å². The van der Waals surface area contributed by atoms with E-state index < -0.39 is 11.5 Å². The minimum Gasteiger partial charge on any atom is -0.480 e. The van der Waals surface area contributed by atoms with Crippen molar-refractivity contribution >= 4 is 5.97 Å². The van der Waals surface area contributed by atoms with Gasteiger partial charge in [-0.15, -0.1) is 0 Å². The van der Waals surface area contributed by atoms with Gasteiger partial charge in [0.2, 0.25) is 0 Å². The molecule has 0 saturated carbocycles. The molecule has 1 aromatic carbocycles. The highest BCUT2D eigenvalue weighted by Gasteiger charge is 2.49. The molecule has 0 spiro atoms. The fourth-order valence-corrected chi connectivity index (χ4v) is 2.11. The summed E-state index contributed by atoms with van der Waals surface area (Å²) < 4.78 is 0. The van der Waals surface area contributed by atoms with Crippen LogP contribution in [0.1, 0.15) is 12.0 Å². The van der Waals surface area contributed by atoms with Crippen LogP contribution in [0, 0.1) is 0 Å². The minimum atomic E-state index is -0.708. The number of nitrogens with zero attached hydrogens (tertiary/aromatic N) is 1. The topological polar surface area (TPSA) is 40.5 Å². The van der Waals surface area contributed by atoms with E-state index in [0.717, 1.165) is 18.5 Å². The lowest BCUT2D eigenvalue weighted by molar-refractivity contribution is -0.159. The first-order chi connectivity index (χ1) is 7.15. The number of likely N-dealkylation sites (tertiary alicyclic amines) is 1. The van der Waals surface area contributed by atoms with Crippen LogP contribution in [-0.4, -0.2) is 35.1 Å². The molecule has 1 unspecified atom stereocenters. The van der Waals surface area contributed by atoms with Crippen molar-refractivity contribution in [1.82, 2.24) is 4.90 Å². The quantitative estimate of drug-likeness (QED) is 0.810. The van der Waals surface area contributed by atoms with Crippen LogP contribution in [0.2, 0.25) is 0 Å². The van der Waals surface area contributed by atoms with E-state index in [2.05, 4.69) is 0 Å². The Morgan fingerprint density at radius 2 is 2.13 bits per heavy atom. The third-order valence-corrected chi connectivity index (χ3v) is 3.33. The van der Waals surface area contributed by atoms with Gasteiger partial charge in [0.15, 0.2) is 0 Å². The molecule has 3 nitrogen and oxygen atoms in total. The van der Waals surface area contributed by atoms with Gasteiger partial charge in [0.1, 0.15) is 5.54 Å². The first kappa shape index (κ1) is 10.2. The van der Waals surface area contributed by atoms with E-state index >= 15 is 0 Å². The zero-order valence-electron chi connectivity index (χ0n) is 8.81. The molecule has 1 saturated heterocycles. The van der Waals surface area contributed by atoms with Gasteiger partial charge < -0.3 is 5.11 Å². The maximum absolute atomic E-state index is 11.3. The van der Waals surface area contributed by atoms with E-state index in [1.54, 1.807) is 0 Å². The molecule has 1 aliphatic heterocycles. The summed E-state index contributed by atoms with van der Waals surface area (Å²) in [7, 11) is 1.88. The van der Waals surface area contributed by atoms with Gasteiger partial charge in [-0.3, -0.25) is 9.69 Å². The standard InChI is InChI=1S/C12H15NO2/c1-13-8-7-12(13,11(14)15)9-10-5-3-2-4-6-10/h2-6H,7-9H2,1H3,(H,14,15). The Morgan fingerprint density at radius 3 is 2.53 bits per heavy atom. The summed E-state index contributed by atoms with van der Waals surface area (Å²) in [5.74, 6) is -0.708. The average Bonchev–Trinajstić information content (AvgIpc) is 2.24. The molecule has 1 heterocycles. The summed E-state index contributed by atoms with van der Waals surface area (Å²) in [6, 6.07) is 9.81. The fourth-order valence-electron chi connectivity index (χ4n) is 2.11. The lowest BCUT2D eigenvalue weighted by Crippen LogP contribution is -2.64. The van der Waals surface area contributed by atoms with E-state index in [-0.39, 0.29) is 0 Å². The van der Waals surface area contributed by atoms with Crippen LogP contribution in [-0.2, 0) is 11.2 Å². The van der Waals surface area contributed by atoms with Crippen LogP contribution in [0.4, 0.5) is 0 Å². The first-order valence-electron chi connectivity index (χ1n) is 5.14. The van der Waals surface area contributed by atoms with E-state index in [4.69, 9.17) is 0 Å². The summed E-state index contributed by atoms with van der Waals surface area (Å²) in [6.07, 6.45) is 1.34. The Bertz CT molecular complexity index is 363. The van der Waals surface area contributed by atoms with Crippen LogP contribution < -0.4 is 0 Å². The van der Waals surface area contributed by atoms with Crippen molar-refractivity contribution in [3.63, 3.8) is 0 Å². The highest BCUT2D eigenvalue weighted by Crippen LogP contribution is 2.32. The second-order valence-electron chi connectivity index (χ2n) is 4.17. The van der Waals surface area contributed by atoms with Gasteiger partial charge >= 0.3 is 5.97 Å². The Hall–Kier alpha value is -1.35. The molecule has 0 radical (unpaired) electrons. The predicted molar refractivity (Wildman–Crippen MR) is 57.8 cm³/mol. The van der Waals surface area contributed by atoms with Crippen molar-refractivity contribution in [2.24, 2.45) is 0 Å². The maximum atomic E-state index is 11.3. The fraction of sp³-hybridized carbons (Fsp3) is 0.417. The molecule has 0 bridgehead atoms. The van der Waals surface area contributed by atoms with Gasteiger partial charge in [0, 0.05) is 13.0 Å². The number of carboxylic acids is 1. The molecule has 2 rings (SSSR count). The van der Waals surface area contributed by atoms with Crippen LogP contribution in [0.15, 0.2) is 30.3 Å². The smallest absolute Gasteiger partial charge is 0.324 e. The Morgan fingerprint density at radius 1 is 1.47 bits per heavy atom. The number of carbonyl (C=O) groups is 1. The normalized spacial score (nSPS) is 25.9. The first-order valence-corrected chi connectivity index (χ1v) is 5.14. The number of rotatable bonds is 3. The molecule has 1 aliphatic rings. The number of carboxylic acid groups (broad SMARTS) is 1. The predicted octanol–water partition coefficient (Wildman–Crippen LogP) is 1.39. The second-order valence-corrected chi connectivity index (χ2v) is 4.17. The Balaban J connectivity index is 2.19. The Kier molecular flexibility index (Phi) is 2.49. The summed E-state index contributed by atoms with van der Waals surface area (Å²) in [4.78, 5) is 13.2. The van der Waals surface area contributed by atoms with Crippen molar-refractivity contribution in [2.45, 2.75) is 18.4 Å². The van der Waals surface area contributed by atoms with E-state index in [0.29, 0.717) is 6.42 Å². The highest BCUT2D eigenvalue weighted by molar-refractivity contribution is 5.80. The van der Waals surface area contributed by atoms with Gasteiger partial charge in [-0.1, -0.05) is 30.3 Å². The monoisotopic (exact) mass is 205 g/mol. The summed E-state index contributed by atoms with van der Waals surface area (Å²) in [5, 5.41) is 9.27. The van der Waals surface area contributed by atoms with E-state index in [1.165, 1.54) is 0 Å². The molecule has 0 aliphatic carbocycles. The van der Waals surface area contributed by atoms with Crippen molar-refractivity contribution in [1.29, 1.82) is 0 Å². The number of likely N-dealkylation sites (N-methyl/N-ethyl adjacent to an activating group) is 1. The number of hydrogen-bond acceptors (Lipinski definition) is 2. The zero-order valence-corrected chi connectivity index (χ0v) is 8.81. The molecule has 3 heteroatoms. The van der Waals surface area contributed by atoms with Crippen molar-refractivity contribution in [3.8, 4) is 0 Å².